The molecular formula is C28H35N7O4. The first-order valence-electron chi connectivity index (χ1n) is 14.2. The van der Waals surface area contributed by atoms with Crippen LogP contribution in [0.3, 0.4) is 0 Å². The summed E-state index contributed by atoms with van der Waals surface area (Å²) in [4.78, 5) is 29.0. The summed E-state index contributed by atoms with van der Waals surface area (Å²) in [6.07, 6.45) is 7.83. The van der Waals surface area contributed by atoms with Crippen LogP contribution in [0, 0.1) is 17.8 Å². The lowest BCUT2D eigenvalue weighted by molar-refractivity contribution is -0.0439. The third-order valence-corrected chi connectivity index (χ3v) is 9.05. The molecular weight excluding hydrogens is 498 g/mol. The van der Waals surface area contributed by atoms with Gasteiger partial charge in [-0.15, -0.1) is 0 Å². The van der Waals surface area contributed by atoms with E-state index >= 15 is 0 Å². The smallest absolute Gasteiger partial charge is 0.319 e. The van der Waals surface area contributed by atoms with Gasteiger partial charge in [-0.1, -0.05) is 6.92 Å². The van der Waals surface area contributed by atoms with Crippen LogP contribution in [0.15, 0.2) is 18.3 Å². The number of piperidine rings is 1. The van der Waals surface area contributed by atoms with E-state index in [0.29, 0.717) is 35.5 Å². The van der Waals surface area contributed by atoms with Gasteiger partial charge in [0.05, 0.1) is 19.4 Å². The summed E-state index contributed by atoms with van der Waals surface area (Å²) >= 11 is 0. The Morgan fingerprint density at radius 2 is 2.00 bits per heavy atom. The molecule has 0 aromatic carbocycles. The minimum atomic E-state index is -0.132. The van der Waals surface area contributed by atoms with Crippen molar-refractivity contribution in [2.24, 2.45) is 17.8 Å². The largest absolute Gasteiger partial charge is 0.490 e. The fraction of sp³-hybridized carbons (Fsp3) is 0.607. The zero-order chi connectivity index (χ0) is 26.6. The molecule has 0 radical (unpaired) electrons. The Hall–Kier alpha value is -3.47. The fourth-order valence-corrected chi connectivity index (χ4v) is 6.35. The second-order valence-electron chi connectivity index (χ2n) is 11.9. The van der Waals surface area contributed by atoms with Gasteiger partial charge in [-0.05, 0) is 62.3 Å². The fourth-order valence-electron chi connectivity index (χ4n) is 6.35. The zero-order valence-electron chi connectivity index (χ0n) is 22.2. The Morgan fingerprint density at radius 3 is 2.69 bits per heavy atom. The van der Waals surface area contributed by atoms with E-state index in [1.165, 1.54) is 0 Å². The van der Waals surface area contributed by atoms with E-state index < -0.39 is 0 Å². The molecule has 3 aromatic heterocycles. The third-order valence-electron chi connectivity index (χ3n) is 9.05. The molecule has 5 aliphatic rings. The lowest BCUT2D eigenvalue weighted by Crippen LogP contribution is -2.68. The lowest BCUT2D eigenvalue weighted by atomic mass is 9.50. The van der Waals surface area contributed by atoms with Crippen molar-refractivity contribution in [3.63, 3.8) is 0 Å². The maximum atomic E-state index is 13.2. The predicted molar refractivity (Wildman–Crippen MR) is 143 cm³/mol. The first kappa shape index (κ1) is 24.6. The number of hydrogen-bond donors (Lipinski definition) is 3. The molecule has 39 heavy (non-hydrogen) atoms. The van der Waals surface area contributed by atoms with Crippen LogP contribution in [-0.4, -0.2) is 74.6 Å². The summed E-state index contributed by atoms with van der Waals surface area (Å²) < 4.78 is 11.6. The minimum Gasteiger partial charge on any atom is -0.490 e. The molecule has 1 amide bonds. The quantitative estimate of drug-likeness (QED) is 0.359. The van der Waals surface area contributed by atoms with E-state index in [4.69, 9.17) is 19.6 Å². The van der Waals surface area contributed by atoms with Gasteiger partial charge in [0.15, 0.2) is 5.65 Å². The summed E-state index contributed by atoms with van der Waals surface area (Å²) in [5.41, 5.74) is 2.08. The number of hydrogen-bond acceptors (Lipinski definition) is 9. The van der Waals surface area contributed by atoms with Crippen molar-refractivity contribution >= 4 is 22.8 Å². The van der Waals surface area contributed by atoms with Gasteiger partial charge in [-0.3, -0.25) is 9.89 Å². The maximum Gasteiger partial charge on any atom is 0.319 e. The zero-order valence-corrected chi connectivity index (χ0v) is 22.2. The van der Waals surface area contributed by atoms with Gasteiger partial charge in [-0.2, -0.15) is 15.1 Å². The van der Waals surface area contributed by atoms with E-state index in [0.717, 1.165) is 74.4 Å². The number of amides is 1. The maximum absolute atomic E-state index is 13.2. The Labute approximate surface area is 226 Å². The van der Waals surface area contributed by atoms with Crippen molar-refractivity contribution in [2.75, 3.05) is 37.8 Å². The van der Waals surface area contributed by atoms with Crippen LogP contribution in [0.2, 0.25) is 0 Å². The molecule has 0 spiro atoms. The van der Waals surface area contributed by atoms with Crippen LogP contribution < -0.4 is 19.7 Å². The van der Waals surface area contributed by atoms with Crippen LogP contribution in [0.5, 0.6) is 11.8 Å². The minimum absolute atomic E-state index is 0.0135. The van der Waals surface area contributed by atoms with Crippen molar-refractivity contribution in [3.05, 3.63) is 29.7 Å². The number of aromatic nitrogens is 5. The molecule has 0 unspecified atom stereocenters. The normalized spacial score (nSPS) is 27.5. The number of H-pyrrole nitrogens is 1. The van der Waals surface area contributed by atoms with Crippen molar-refractivity contribution < 1.29 is 19.4 Å². The molecule has 3 aromatic rings. The summed E-state index contributed by atoms with van der Waals surface area (Å²) in [6, 6.07) is 4.04. The van der Waals surface area contributed by atoms with Crippen LogP contribution >= 0.6 is 0 Å². The highest BCUT2D eigenvalue weighted by Gasteiger charge is 2.57. The Balaban J connectivity index is 1.07. The molecule has 4 heterocycles. The van der Waals surface area contributed by atoms with E-state index in [2.05, 4.69) is 37.3 Å². The lowest BCUT2D eigenvalue weighted by Gasteiger charge is -2.61. The topological polar surface area (TPSA) is 138 Å². The van der Waals surface area contributed by atoms with Crippen molar-refractivity contribution in [3.8, 4) is 11.8 Å². The van der Waals surface area contributed by atoms with Crippen LogP contribution in [-0.2, 0) is 0 Å². The van der Waals surface area contributed by atoms with Gasteiger partial charge in [-0.25, -0.2) is 4.98 Å². The SMILES string of the molecule is C[C@@H]1C[C@@H]1COc1nc(C(=O)NC23CC(C2)C3)cc(N2CCC(c3[nH]nc4ncc(OCCO)cc34)CC2)n1. The highest BCUT2D eigenvalue weighted by atomic mass is 16.5. The van der Waals surface area contributed by atoms with E-state index in [1.807, 2.05) is 12.1 Å². The summed E-state index contributed by atoms with van der Waals surface area (Å²) in [5.74, 6) is 3.50. The Kier molecular flexibility index (Phi) is 6.06. The molecule has 4 aliphatic carbocycles. The van der Waals surface area contributed by atoms with Gasteiger partial charge in [0.25, 0.3) is 5.91 Å². The van der Waals surface area contributed by atoms with Crippen LogP contribution in [0.25, 0.3) is 11.0 Å². The van der Waals surface area contributed by atoms with Gasteiger partial charge < -0.3 is 24.8 Å². The predicted octanol–water partition coefficient (Wildman–Crippen LogP) is 2.82. The number of carbonyl (C=O) groups excluding carboxylic acids is 1. The number of carbonyl (C=O) groups is 1. The number of pyridine rings is 1. The first-order valence-corrected chi connectivity index (χ1v) is 14.2. The molecule has 2 bridgehead atoms. The highest BCUT2D eigenvalue weighted by molar-refractivity contribution is 5.94. The van der Waals surface area contributed by atoms with Crippen LogP contribution in [0.1, 0.15) is 67.5 Å². The number of ether oxygens (including phenoxy) is 2. The summed E-state index contributed by atoms with van der Waals surface area (Å²) in [5, 5.41) is 20.8. The van der Waals surface area contributed by atoms with Gasteiger partial charge >= 0.3 is 6.01 Å². The second kappa shape index (κ2) is 9.62. The van der Waals surface area contributed by atoms with Gasteiger partial charge in [0.2, 0.25) is 0 Å². The molecule has 3 N–H and O–H groups in total. The highest BCUT2D eigenvalue weighted by Crippen LogP contribution is 2.57. The Morgan fingerprint density at radius 1 is 1.21 bits per heavy atom. The number of aliphatic hydroxyl groups excluding tert-OH is 1. The molecule has 8 rings (SSSR count). The molecule has 5 fully saturated rings. The number of nitrogens with zero attached hydrogens (tertiary/aromatic N) is 5. The number of rotatable bonds is 10. The van der Waals surface area contributed by atoms with Crippen LogP contribution in [0.4, 0.5) is 5.82 Å². The number of nitrogens with one attached hydrogen (secondary N) is 2. The van der Waals surface area contributed by atoms with Crippen molar-refractivity contribution in [1.29, 1.82) is 0 Å². The molecule has 2 atom stereocenters. The van der Waals surface area contributed by atoms with Crippen molar-refractivity contribution in [1.82, 2.24) is 30.5 Å². The molecule has 1 saturated heterocycles. The van der Waals surface area contributed by atoms with E-state index in [9.17, 15) is 4.79 Å². The molecule has 4 saturated carbocycles. The first-order chi connectivity index (χ1) is 19.0. The molecule has 11 heteroatoms. The average molecular weight is 534 g/mol. The third kappa shape index (κ3) is 4.77. The number of fused-ring (bicyclic) bond motifs is 1. The van der Waals surface area contributed by atoms with Gasteiger partial charge in [0, 0.05) is 41.7 Å². The van der Waals surface area contributed by atoms with E-state index in [-0.39, 0.29) is 36.6 Å². The number of aliphatic hydroxyl groups is 1. The second-order valence-corrected chi connectivity index (χ2v) is 11.9. The monoisotopic (exact) mass is 533 g/mol. The Bertz CT molecular complexity index is 1370. The van der Waals surface area contributed by atoms with Crippen molar-refractivity contribution in [2.45, 2.75) is 56.9 Å². The number of aromatic amines is 1. The number of anilines is 1. The molecule has 11 nitrogen and oxygen atoms in total. The van der Waals surface area contributed by atoms with E-state index in [1.54, 1.807) is 6.20 Å². The average Bonchev–Trinajstić information content (AvgIpc) is 3.46. The molecule has 1 aliphatic heterocycles. The van der Waals surface area contributed by atoms with Gasteiger partial charge in [0.1, 0.15) is 23.9 Å². The molecule has 206 valence electrons. The summed E-state index contributed by atoms with van der Waals surface area (Å²) in [7, 11) is 0. The summed E-state index contributed by atoms with van der Waals surface area (Å²) in [6.45, 7) is 4.55. The standard InChI is InChI=1S/C28H35N7O4/c1-16-8-19(16)15-39-27-30-22(26(37)32-28-11-17(12-28)13-28)10-23(31-27)35-4-2-18(3-5-35)24-21-9-20(38-7-6-36)14-29-25(21)34-33-24/h9-10,14,16-19,36H,2-8,11-13,15H2,1H3,(H,32,37)(H,29,33,34)/t16-,17?,19-,28?/m1/s1.